The van der Waals surface area contributed by atoms with E-state index in [9.17, 15) is 0 Å². The zero-order valence-electron chi connectivity index (χ0n) is 12.0. The van der Waals surface area contributed by atoms with E-state index in [0.717, 1.165) is 22.8 Å². The lowest BCUT2D eigenvalue weighted by Gasteiger charge is -2.09. The van der Waals surface area contributed by atoms with Crippen LogP contribution < -0.4 is 14.8 Å². The summed E-state index contributed by atoms with van der Waals surface area (Å²) < 4.78 is 10.5. The normalized spacial score (nSPS) is 10.2. The first-order chi connectivity index (χ1) is 9.71. The average molecular weight is 273 g/mol. The Morgan fingerprint density at radius 1 is 1.25 bits per heavy atom. The van der Waals surface area contributed by atoms with Gasteiger partial charge in [-0.3, -0.25) is 4.98 Å². The van der Waals surface area contributed by atoms with Crippen molar-refractivity contribution < 1.29 is 9.47 Å². The van der Waals surface area contributed by atoms with Gasteiger partial charge in [0.05, 0.1) is 37.8 Å². The summed E-state index contributed by atoms with van der Waals surface area (Å²) in [5.74, 6) is 1.45. The second kappa shape index (κ2) is 6.75. The monoisotopic (exact) mass is 273 g/mol. The number of rotatable bonds is 6. The summed E-state index contributed by atoms with van der Waals surface area (Å²) >= 11 is 0. The van der Waals surface area contributed by atoms with Crippen LogP contribution in [0.5, 0.6) is 11.6 Å². The van der Waals surface area contributed by atoms with Crippen molar-refractivity contribution in [2.24, 2.45) is 0 Å². The Balaban J connectivity index is 1.99. The predicted molar refractivity (Wildman–Crippen MR) is 78.3 cm³/mol. The van der Waals surface area contributed by atoms with Gasteiger partial charge < -0.3 is 14.8 Å². The maximum absolute atomic E-state index is 5.30. The van der Waals surface area contributed by atoms with Crippen LogP contribution >= 0.6 is 0 Å². The average Bonchev–Trinajstić information content (AvgIpc) is 2.46. The zero-order chi connectivity index (χ0) is 14.4. The van der Waals surface area contributed by atoms with Crippen molar-refractivity contribution in [2.75, 3.05) is 19.0 Å². The van der Waals surface area contributed by atoms with Crippen molar-refractivity contribution in [2.45, 2.75) is 20.4 Å². The van der Waals surface area contributed by atoms with Crippen molar-refractivity contribution in [3.8, 4) is 11.6 Å². The van der Waals surface area contributed by atoms with Crippen LogP contribution in [-0.4, -0.2) is 23.7 Å². The van der Waals surface area contributed by atoms with Gasteiger partial charge in [0.25, 0.3) is 0 Å². The molecule has 0 fully saturated rings. The number of anilines is 1. The van der Waals surface area contributed by atoms with Crippen molar-refractivity contribution in [3.05, 3.63) is 41.9 Å². The number of nitrogens with zero attached hydrogens (tertiary/aromatic N) is 2. The quantitative estimate of drug-likeness (QED) is 0.877. The number of aryl methyl sites for hydroxylation is 1. The number of ether oxygens (including phenoxy) is 2. The van der Waals surface area contributed by atoms with Crippen LogP contribution in [-0.2, 0) is 6.54 Å². The molecule has 0 spiro atoms. The summed E-state index contributed by atoms with van der Waals surface area (Å²) in [4.78, 5) is 8.66. The lowest BCUT2D eigenvalue weighted by Crippen LogP contribution is -2.04. The van der Waals surface area contributed by atoms with Crippen LogP contribution in [0.2, 0.25) is 0 Å². The molecular formula is C15H19N3O2. The number of hydrogen-bond donors (Lipinski definition) is 1. The minimum Gasteiger partial charge on any atom is -0.497 e. The molecule has 2 heterocycles. The van der Waals surface area contributed by atoms with E-state index >= 15 is 0 Å². The molecule has 106 valence electrons. The summed E-state index contributed by atoms with van der Waals surface area (Å²) in [6.07, 6.45) is 1.75. The predicted octanol–water partition coefficient (Wildman–Crippen LogP) is 2.80. The first-order valence-corrected chi connectivity index (χ1v) is 6.55. The highest BCUT2D eigenvalue weighted by Gasteiger charge is 2.01. The van der Waals surface area contributed by atoms with E-state index in [1.807, 2.05) is 38.1 Å². The van der Waals surface area contributed by atoms with E-state index < -0.39 is 0 Å². The highest BCUT2D eigenvalue weighted by molar-refractivity contribution is 5.42. The minimum atomic E-state index is 0.618. The first-order valence-electron chi connectivity index (χ1n) is 6.55. The fraction of sp³-hybridized carbons (Fsp3) is 0.333. The molecule has 0 saturated carbocycles. The zero-order valence-corrected chi connectivity index (χ0v) is 12.0. The summed E-state index contributed by atoms with van der Waals surface area (Å²) in [6, 6.07) is 7.60. The fourth-order valence-electron chi connectivity index (χ4n) is 1.82. The molecule has 5 heteroatoms. The lowest BCUT2D eigenvalue weighted by molar-refractivity contribution is 0.327. The van der Waals surface area contributed by atoms with E-state index in [-0.39, 0.29) is 0 Å². The molecule has 1 N–H and O–H groups in total. The molecule has 5 nitrogen and oxygen atoms in total. The molecule has 0 atom stereocenters. The standard InChI is InChI=1S/C15H19N3O2/c1-4-20-15-6-5-12(9-17-15)16-10-13-8-14(19-3)7-11(2)18-13/h5-9,16H,4,10H2,1-3H3. The molecule has 0 unspecified atom stereocenters. The lowest BCUT2D eigenvalue weighted by atomic mass is 10.3. The minimum absolute atomic E-state index is 0.618. The number of aromatic nitrogens is 2. The van der Waals surface area contributed by atoms with Crippen LogP contribution in [0.3, 0.4) is 0 Å². The van der Waals surface area contributed by atoms with Crippen molar-refractivity contribution in [1.29, 1.82) is 0 Å². The number of hydrogen-bond acceptors (Lipinski definition) is 5. The third-order valence-electron chi connectivity index (χ3n) is 2.72. The van der Waals surface area contributed by atoms with Gasteiger partial charge in [0.2, 0.25) is 5.88 Å². The van der Waals surface area contributed by atoms with E-state index in [1.54, 1.807) is 13.3 Å². The molecular weight excluding hydrogens is 254 g/mol. The number of nitrogens with one attached hydrogen (secondary N) is 1. The van der Waals surface area contributed by atoms with Gasteiger partial charge in [-0.2, -0.15) is 0 Å². The van der Waals surface area contributed by atoms with E-state index in [0.29, 0.717) is 19.0 Å². The Kier molecular flexibility index (Phi) is 4.76. The van der Waals surface area contributed by atoms with E-state index in [1.165, 1.54) is 0 Å². The first kappa shape index (κ1) is 14.1. The topological polar surface area (TPSA) is 56.3 Å². The van der Waals surface area contributed by atoms with Gasteiger partial charge in [-0.25, -0.2) is 4.98 Å². The third kappa shape index (κ3) is 3.85. The summed E-state index contributed by atoms with van der Waals surface area (Å²) in [6.45, 7) is 5.12. The van der Waals surface area contributed by atoms with Gasteiger partial charge in [-0.1, -0.05) is 0 Å². The van der Waals surface area contributed by atoms with Crippen LogP contribution in [0.4, 0.5) is 5.69 Å². The van der Waals surface area contributed by atoms with Gasteiger partial charge in [0.15, 0.2) is 0 Å². The highest BCUT2D eigenvalue weighted by atomic mass is 16.5. The van der Waals surface area contributed by atoms with E-state index in [4.69, 9.17) is 9.47 Å². The molecule has 0 aliphatic carbocycles. The molecule has 2 aromatic heterocycles. The molecule has 0 amide bonds. The molecule has 0 saturated heterocycles. The Bertz CT molecular complexity index is 556. The maximum Gasteiger partial charge on any atom is 0.213 e. The summed E-state index contributed by atoms with van der Waals surface area (Å²) in [7, 11) is 1.66. The highest BCUT2D eigenvalue weighted by Crippen LogP contribution is 2.16. The molecule has 0 bridgehead atoms. The Morgan fingerprint density at radius 3 is 2.75 bits per heavy atom. The fourth-order valence-corrected chi connectivity index (χ4v) is 1.82. The second-order valence-corrected chi connectivity index (χ2v) is 4.31. The Labute approximate surface area is 119 Å². The molecule has 0 radical (unpaired) electrons. The molecule has 2 aromatic rings. The van der Waals surface area contributed by atoms with Gasteiger partial charge in [0.1, 0.15) is 5.75 Å². The molecule has 0 aliphatic heterocycles. The Morgan fingerprint density at radius 2 is 2.10 bits per heavy atom. The van der Waals surface area contributed by atoms with Crippen LogP contribution in [0.25, 0.3) is 0 Å². The largest absolute Gasteiger partial charge is 0.497 e. The SMILES string of the molecule is CCOc1ccc(NCc2cc(OC)cc(C)n2)cn1. The summed E-state index contributed by atoms with van der Waals surface area (Å²) in [5, 5.41) is 3.27. The van der Waals surface area contributed by atoms with Gasteiger partial charge in [-0.15, -0.1) is 0 Å². The third-order valence-corrected chi connectivity index (χ3v) is 2.72. The molecule has 0 aliphatic rings. The van der Waals surface area contributed by atoms with Crippen molar-refractivity contribution in [1.82, 2.24) is 9.97 Å². The number of methoxy groups -OCH3 is 1. The smallest absolute Gasteiger partial charge is 0.213 e. The van der Waals surface area contributed by atoms with Crippen LogP contribution in [0.15, 0.2) is 30.5 Å². The van der Waals surface area contributed by atoms with Crippen molar-refractivity contribution in [3.63, 3.8) is 0 Å². The van der Waals surface area contributed by atoms with Crippen molar-refractivity contribution >= 4 is 5.69 Å². The molecule has 0 aromatic carbocycles. The van der Waals surface area contributed by atoms with Gasteiger partial charge in [-0.05, 0) is 19.9 Å². The van der Waals surface area contributed by atoms with Crippen LogP contribution in [0.1, 0.15) is 18.3 Å². The van der Waals surface area contributed by atoms with Gasteiger partial charge >= 0.3 is 0 Å². The van der Waals surface area contributed by atoms with E-state index in [2.05, 4.69) is 15.3 Å². The number of pyridine rings is 2. The second-order valence-electron chi connectivity index (χ2n) is 4.31. The molecule has 20 heavy (non-hydrogen) atoms. The maximum atomic E-state index is 5.30. The van der Waals surface area contributed by atoms with Crippen LogP contribution in [0, 0.1) is 6.92 Å². The Hall–Kier alpha value is -2.30. The molecule has 2 rings (SSSR count). The van der Waals surface area contributed by atoms with Gasteiger partial charge in [0, 0.05) is 23.9 Å². The summed E-state index contributed by atoms with van der Waals surface area (Å²) in [5.41, 5.74) is 2.79.